The molecule has 1 aliphatic heterocycles. The van der Waals surface area contributed by atoms with Gasteiger partial charge in [0.15, 0.2) is 5.96 Å². The van der Waals surface area contributed by atoms with Crippen LogP contribution in [0.2, 0.25) is 0 Å². The van der Waals surface area contributed by atoms with Crippen molar-refractivity contribution >= 4 is 11.6 Å². The molecule has 2 N–H and O–H groups in total. The predicted octanol–water partition coefficient (Wildman–Crippen LogP) is 2.88. The molecule has 2 atom stereocenters. The Morgan fingerprint density at radius 1 is 1.32 bits per heavy atom. The van der Waals surface area contributed by atoms with Gasteiger partial charge in [-0.05, 0) is 37.8 Å². The second-order valence-electron chi connectivity index (χ2n) is 6.94. The van der Waals surface area contributed by atoms with Crippen molar-refractivity contribution in [3.05, 3.63) is 30.3 Å². The molecule has 2 rings (SSSR count). The van der Waals surface area contributed by atoms with E-state index in [1.54, 1.807) is 0 Å². The van der Waals surface area contributed by atoms with Crippen molar-refractivity contribution in [3.8, 4) is 0 Å². The molecule has 0 aliphatic carbocycles. The third kappa shape index (κ3) is 6.24. The van der Waals surface area contributed by atoms with E-state index in [2.05, 4.69) is 71.6 Å². The van der Waals surface area contributed by atoms with Gasteiger partial charge in [0.2, 0.25) is 0 Å². The maximum Gasteiger partial charge on any atom is 0.191 e. The maximum atomic E-state index is 5.81. The van der Waals surface area contributed by atoms with Crippen molar-refractivity contribution < 1.29 is 4.74 Å². The Morgan fingerprint density at radius 3 is 2.72 bits per heavy atom. The molecule has 25 heavy (non-hydrogen) atoms. The van der Waals surface area contributed by atoms with E-state index < -0.39 is 0 Å². The van der Waals surface area contributed by atoms with E-state index in [-0.39, 0.29) is 0 Å². The molecule has 1 aromatic carbocycles. The van der Waals surface area contributed by atoms with Crippen molar-refractivity contribution in [1.29, 1.82) is 0 Å². The van der Waals surface area contributed by atoms with Crippen molar-refractivity contribution in [1.82, 2.24) is 10.6 Å². The van der Waals surface area contributed by atoms with Crippen molar-refractivity contribution in [2.45, 2.75) is 45.8 Å². The maximum absolute atomic E-state index is 5.81. The van der Waals surface area contributed by atoms with E-state index in [0.29, 0.717) is 18.1 Å². The van der Waals surface area contributed by atoms with Gasteiger partial charge in [-0.3, -0.25) is 4.99 Å². The summed E-state index contributed by atoms with van der Waals surface area (Å²) in [5.74, 6) is 1.42. The predicted molar refractivity (Wildman–Crippen MR) is 106 cm³/mol. The van der Waals surface area contributed by atoms with Crippen molar-refractivity contribution in [2.24, 2.45) is 10.9 Å². The Bertz CT molecular complexity index is 518. The van der Waals surface area contributed by atoms with Gasteiger partial charge in [0, 0.05) is 45.0 Å². The number of anilines is 1. The molecule has 0 aromatic heterocycles. The molecular formula is C20H34N4O. The summed E-state index contributed by atoms with van der Waals surface area (Å²) >= 11 is 0. The number of ether oxygens (including phenoxy) is 1. The molecule has 1 aromatic rings. The minimum atomic E-state index is 0.302. The standard InChI is InChI=1S/C20H34N4O/c1-5-25-19(16(2)3)11-13-22-20(21-4)23-17-12-14-24(15-17)18-9-7-6-8-10-18/h6-10,16-17,19H,5,11-15H2,1-4H3,(H2,21,22,23). The van der Waals surface area contributed by atoms with Gasteiger partial charge in [-0.25, -0.2) is 0 Å². The Morgan fingerprint density at radius 2 is 2.08 bits per heavy atom. The highest BCUT2D eigenvalue weighted by Gasteiger charge is 2.23. The monoisotopic (exact) mass is 346 g/mol. The van der Waals surface area contributed by atoms with Crippen LogP contribution in [0, 0.1) is 5.92 Å². The lowest BCUT2D eigenvalue weighted by molar-refractivity contribution is 0.0258. The first-order chi connectivity index (χ1) is 12.1. The Labute approximate surface area is 152 Å². The lowest BCUT2D eigenvalue weighted by Gasteiger charge is -2.23. The van der Waals surface area contributed by atoms with Gasteiger partial charge in [-0.2, -0.15) is 0 Å². The van der Waals surface area contributed by atoms with Gasteiger partial charge in [-0.1, -0.05) is 32.0 Å². The average Bonchev–Trinajstić information content (AvgIpc) is 3.09. The topological polar surface area (TPSA) is 48.9 Å². The summed E-state index contributed by atoms with van der Waals surface area (Å²) in [6.07, 6.45) is 2.42. The summed E-state index contributed by atoms with van der Waals surface area (Å²) in [5.41, 5.74) is 1.30. The summed E-state index contributed by atoms with van der Waals surface area (Å²) in [4.78, 5) is 6.80. The number of aliphatic imine (C=N–C) groups is 1. The minimum absolute atomic E-state index is 0.302. The minimum Gasteiger partial charge on any atom is -0.378 e. The van der Waals surface area contributed by atoms with Crippen LogP contribution in [-0.4, -0.2) is 51.4 Å². The molecule has 1 fully saturated rings. The molecule has 5 nitrogen and oxygen atoms in total. The molecule has 0 radical (unpaired) electrons. The number of rotatable bonds is 8. The normalized spacial score (nSPS) is 19.3. The number of hydrogen-bond donors (Lipinski definition) is 2. The van der Waals surface area contributed by atoms with Crippen LogP contribution in [-0.2, 0) is 4.74 Å². The smallest absolute Gasteiger partial charge is 0.191 e. The lowest BCUT2D eigenvalue weighted by atomic mass is 10.0. The highest BCUT2D eigenvalue weighted by Crippen LogP contribution is 2.19. The molecule has 2 unspecified atom stereocenters. The Balaban J connectivity index is 1.75. The molecule has 5 heteroatoms. The van der Waals surface area contributed by atoms with E-state index in [0.717, 1.165) is 45.0 Å². The summed E-state index contributed by atoms with van der Waals surface area (Å²) in [5, 5.41) is 6.99. The van der Waals surface area contributed by atoms with Gasteiger partial charge in [0.1, 0.15) is 0 Å². The summed E-state index contributed by atoms with van der Waals surface area (Å²) in [7, 11) is 1.84. The largest absolute Gasteiger partial charge is 0.378 e. The van der Waals surface area contributed by atoms with Crippen LogP contribution in [0.25, 0.3) is 0 Å². The highest BCUT2D eigenvalue weighted by atomic mass is 16.5. The highest BCUT2D eigenvalue weighted by molar-refractivity contribution is 5.80. The van der Waals surface area contributed by atoms with Gasteiger partial charge >= 0.3 is 0 Å². The molecule has 1 saturated heterocycles. The quantitative estimate of drug-likeness (QED) is 0.561. The van der Waals surface area contributed by atoms with Gasteiger partial charge < -0.3 is 20.3 Å². The van der Waals surface area contributed by atoms with Crippen LogP contribution in [0.5, 0.6) is 0 Å². The fourth-order valence-corrected chi connectivity index (χ4v) is 3.30. The number of nitrogens with one attached hydrogen (secondary N) is 2. The Kier molecular flexibility index (Phi) is 8.06. The number of nitrogens with zero attached hydrogens (tertiary/aromatic N) is 2. The molecule has 140 valence electrons. The summed E-state index contributed by atoms with van der Waals surface area (Å²) < 4.78 is 5.81. The van der Waals surface area contributed by atoms with Gasteiger partial charge in [0.25, 0.3) is 0 Å². The number of benzene rings is 1. The lowest BCUT2D eigenvalue weighted by Crippen LogP contribution is -2.45. The van der Waals surface area contributed by atoms with Crippen molar-refractivity contribution in [2.75, 3.05) is 38.2 Å². The van der Waals surface area contributed by atoms with Crippen LogP contribution in [0.1, 0.15) is 33.6 Å². The molecule has 1 heterocycles. The molecule has 0 amide bonds. The summed E-state index contributed by atoms with van der Waals surface area (Å²) in [6.45, 7) is 10.2. The first-order valence-electron chi connectivity index (χ1n) is 9.52. The number of para-hydroxylation sites is 1. The zero-order valence-electron chi connectivity index (χ0n) is 16.2. The second-order valence-corrected chi connectivity index (χ2v) is 6.94. The number of guanidine groups is 1. The van der Waals surface area contributed by atoms with Crippen LogP contribution in [0.3, 0.4) is 0 Å². The van der Waals surface area contributed by atoms with E-state index in [9.17, 15) is 0 Å². The third-order valence-corrected chi connectivity index (χ3v) is 4.72. The van der Waals surface area contributed by atoms with Gasteiger partial charge in [0.05, 0.1) is 6.10 Å². The molecule has 1 aliphatic rings. The zero-order chi connectivity index (χ0) is 18.1. The van der Waals surface area contributed by atoms with Crippen LogP contribution in [0.15, 0.2) is 35.3 Å². The van der Waals surface area contributed by atoms with E-state index in [1.165, 1.54) is 5.69 Å². The summed E-state index contributed by atoms with van der Waals surface area (Å²) in [6, 6.07) is 11.0. The van der Waals surface area contributed by atoms with E-state index in [1.807, 2.05) is 7.05 Å². The fraction of sp³-hybridized carbons (Fsp3) is 0.650. The molecule has 0 spiro atoms. The second kappa shape index (κ2) is 10.3. The van der Waals surface area contributed by atoms with Crippen molar-refractivity contribution in [3.63, 3.8) is 0 Å². The number of hydrogen-bond acceptors (Lipinski definition) is 3. The van der Waals surface area contributed by atoms with Crippen LogP contribution in [0.4, 0.5) is 5.69 Å². The molecule has 0 saturated carbocycles. The average molecular weight is 347 g/mol. The molecular weight excluding hydrogens is 312 g/mol. The van der Waals surface area contributed by atoms with E-state index in [4.69, 9.17) is 4.74 Å². The first-order valence-corrected chi connectivity index (χ1v) is 9.52. The van der Waals surface area contributed by atoms with Gasteiger partial charge in [-0.15, -0.1) is 0 Å². The third-order valence-electron chi connectivity index (χ3n) is 4.72. The SMILES string of the molecule is CCOC(CCNC(=NC)NC1CCN(c2ccccc2)C1)C(C)C. The molecule has 0 bridgehead atoms. The fourth-order valence-electron chi connectivity index (χ4n) is 3.30. The zero-order valence-corrected chi connectivity index (χ0v) is 16.2. The van der Waals surface area contributed by atoms with E-state index >= 15 is 0 Å². The van der Waals surface area contributed by atoms with Crippen LogP contribution >= 0.6 is 0 Å². The van der Waals surface area contributed by atoms with Crippen LogP contribution < -0.4 is 15.5 Å². The first kappa shape index (κ1) is 19.6. The Hall–Kier alpha value is -1.75.